The molecule has 0 saturated heterocycles. The van der Waals surface area contributed by atoms with E-state index in [4.69, 9.17) is 16.7 Å². The fraction of sp³-hybridized carbons (Fsp3) is 0.0769. The highest BCUT2D eigenvalue weighted by atomic mass is 35.5. The Morgan fingerprint density at radius 3 is 2.65 bits per heavy atom. The summed E-state index contributed by atoms with van der Waals surface area (Å²) in [6.07, 6.45) is 0. The van der Waals surface area contributed by atoms with Crippen molar-refractivity contribution in [1.82, 2.24) is 4.98 Å². The van der Waals surface area contributed by atoms with Crippen LogP contribution >= 0.6 is 11.6 Å². The highest BCUT2D eigenvalue weighted by Gasteiger charge is 2.17. The van der Waals surface area contributed by atoms with E-state index in [-0.39, 0.29) is 22.1 Å². The molecular weight excluding hydrogens is 290 g/mol. The third-order valence-electron chi connectivity index (χ3n) is 2.62. The Bertz CT molecular complexity index is 692. The fourth-order valence-corrected chi connectivity index (χ4v) is 1.74. The second-order valence-corrected chi connectivity index (χ2v) is 4.40. The molecule has 0 unspecified atom stereocenters. The smallest absolute Gasteiger partial charge is 0.339 e. The molecular formula is C13H9ClF2N2O2. The van der Waals surface area contributed by atoms with Gasteiger partial charge in [0.1, 0.15) is 28.0 Å². The molecule has 2 rings (SSSR count). The van der Waals surface area contributed by atoms with Crippen LogP contribution in [0.4, 0.5) is 20.3 Å². The molecule has 7 heteroatoms. The number of aromatic carboxylic acids is 1. The van der Waals surface area contributed by atoms with Gasteiger partial charge < -0.3 is 10.4 Å². The minimum atomic E-state index is -1.29. The maximum Gasteiger partial charge on any atom is 0.339 e. The third-order valence-corrected chi connectivity index (χ3v) is 2.83. The third kappa shape index (κ3) is 2.70. The van der Waals surface area contributed by atoms with E-state index in [9.17, 15) is 13.6 Å². The van der Waals surface area contributed by atoms with Crippen LogP contribution in [0.2, 0.25) is 5.15 Å². The monoisotopic (exact) mass is 298 g/mol. The molecule has 104 valence electrons. The zero-order chi connectivity index (χ0) is 14.9. The predicted molar refractivity (Wildman–Crippen MR) is 70.6 cm³/mol. The highest BCUT2D eigenvalue weighted by molar-refractivity contribution is 6.29. The number of aromatic nitrogens is 1. The van der Waals surface area contributed by atoms with E-state index in [1.807, 2.05) is 0 Å². The van der Waals surface area contributed by atoms with Crippen LogP contribution in [0.25, 0.3) is 0 Å². The van der Waals surface area contributed by atoms with Crippen LogP contribution in [0.5, 0.6) is 0 Å². The summed E-state index contributed by atoms with van der Waals surface area (Å²) < 4.78 is 27.5. The summed E-state index contributed by atoms with van der Waals surface area (Å²) in [4.78, 5) is 14.8. The van der Waals surface area contributed by atoms with Crippen molar-refractivity contribution in [2.75, 3.05) is 5.32 Å². The lowest BCUT2D eigenvalue weighted by molar-refractivity contribution is 0.0697. The molecule has 0 bridgehead atoms. The van der Waals surface area contributed by atoms with Crippen molar-refractivity contribution < 1.29 is 18.7 Å². The van der Waals surface area contributed by atoms with Crippen molar-refractivity contribution in [1.29, 1.82) is 0 Å². The van der Waals surface area contributed by atoms with Crippen molar-refractivity contribution >= 4 is 29.1 Å². The quantitative estimate of drug-likeness (QED) is 0.847. The van der Waals surface area contributed by atoms with Crippen LogP contribution in [0.1, 0.15) is 15.9 Å². The first kappa shape index (κ1) is 14.2. The van der Waals surface area contributed by atoms with Crippen molar-refractivity contribution in [3.63, 3.8) is 0 Å². The normalized spacial score (nSPS) is 10.4. The van der Waals surface area contributed by atoms with Crippen LogP contribution in [0, 0.1) is 18.6 Å². The largest absolute Gasteiger partial charge is 0.478 e. The molecule has 0 saturated carbocycles. The number of benzene rings is 1. The molecule has 0 aliphatic rings. The summed E-state index contributed by atoms with van der Waals surface area (Å²) in [5.74, 6) is -3.19. The Morgan fingerprint density at radius 2 is 2.00 bits per heavy atom. The van der Waals surface area contributed by atoms with E-state index in [1.54, 1.807) is 0 Å². The second kappa shape index (κ2) is 5.42. The van der Waals surface area contributed by atoms with Crippen molar-refractivity contribution in [2.24, 2.45) is 0 Å². The van der Waals surface area contributed by atoms with Gasteiger partial charge in [0.15, 0.2) is 5.82 Å². The van der Waals surface area contributed by atoms with Gasteiger partial charge >= 0.3 is 5.97 Å². The van der Waals surface area contributed by atoms with E-state index in [0.717, 1.165) is 6.07 Å². The van der Waals surface area contributed by atoms with Gasteiger partial charge in [-0.1, -0.05) is 17.7 Å². The van der Waals surface area contributed by atoms with Gasteiger partial charge in [-0.05, 0) is 30.7 Å². The number of carbonyl (C=O) groups is 1. The molecule has 0 amide bonds. The standard InChI is InChI=1S/C13H9ClF2N2O2/c1-6-2-4-8(15)11(10(6)16)18-12-7(13(19)20)3-5-9(14)17-12/h2-5H,1H3,(H,17,18)(H,19,20). The second-order valence-electron chi connectivity index (χ2n) is 4.01. The van der Waals surface area contributed by atoms with Gasteiger partial charge in [0, 0.05) is 0 Å². The molecule has 0 radical (unpaired) electrons. The molecule has 1 heterocycles. The summed E-state index contributed by atoms with van der Waals surface area (Å²) >= 11 is 5.67. The number of halogens is 3. The Balaban J connectivity index is 2.53. The Labute approximate surface area is 118 Å². The first-order valence-corrected chi connectivity index (χ1v) is 5.89. The number of hydrogen-bond acceptors (Lipinski definition) is 3. The fourth-order valence-electron chi connectivity index (χ4n) is 1.59. The first-order chi connectivity index (χ1) is 9.40. The van der Waals surface area contributed by atoms with Crippen LogP contribution in [0.15, 0.2) is 24.3 Å². The van der Waals surface area contributed by atoms with Gasteiger partial charge in [-0.15, -0.1) is 0 Å². The molecule has 4 nitrogen and oxygen atoms in total. The lowest BCUT2D eigenvalue weighted by atomic mass is 10.2. The number of aryl methyl sites for hydroxylation is 1. The Hall–Kier alpha value is -2.21. The number of nitrogens with one attached hydrogen (secondary N) is 1. The van der Waals surface area contributed by atoms with E-state index in [2.05, 4.69) is 10.3 Å². The number of anilines is 2. The SMILES string of the molecule is Cc1ccc(F)c(Nc2nc(Cl)ccc2C(=O)O)c1F. The van der Waals surface area contributed by atoms with Crippen molar-refractivity contribution in [3.05, 3.63) is 52.2 Å². The number of nitrogens with zero attached hydrogens (tertiary/aromatic N) is 1. The van der Waals surface area contributed by atoms with Gasteiger partial charge in [-0.3, -0.25) is 0 Å². The van der Waals surface area contributed by atoms with E-state index < -0.39 is 23.3 Å². The number of hydrogen-bond donors (Lipinski definition) is 2. The van der Waals surface area contributed by atoms with Gasteiger partial charge in [-0.2, -0.15) is 0 Å². The van der Waals surface area contributed by atoms with Crippen molar-refractivity contribution in [2.45, 2.75) is 6.92 Å². The predicted octanol–water partition coefficient (Wildman–Crippen LogP) is 3.76. The Morgan fingerprint density at radius 1 is 1.30 bits per heavy atom. The van der Waals surface area contributed by atoms with E-state index >= 15 is 0 Å². The molecule has 0 aliphatic carbocycles. The lowest BCUT2D eigenvalue weighted by Gasteiger charge is -2.11. The maximum atomic E-state index is 13.9. The van der Waals surface area contributed by atoms with Crippen LogP contribution in [0.3, 0.4) is 0 Å². The van der Waals surface area contributed by atoms with Crippen LogP contribution < -0.4 is 5.32 Å². The van der Waals surface area contributed by atoms with E-state index in [0.29, 0.717) is 0 Å². The van der Waals surface area contributed by atoms with Gasteiger partial charge in [-0.25, -0.2) is 18.6 Å². The molecule has 1 aromatic heterocycles. The van der Waals surface area contributed by atoms with Crippen LogP contribution in [-0.2, 0) is 0 Å². The first-order valence-electron chi connectivity index (χ1n) is 5.51. The molecule has 0 spiro atoms. The number of pyridine rings is 1. The summed E-state index contributed by atoms with van der Waals surface area (Å²) in [6.45, 7) is 1.46. The summed E-state index contributed by atoms with van der Waals surface area (Å²) in [6, 6.07) is 4.83. The summed E-state index contributed by atoms with van der Waals surface area (Å²) in [5, 5.41) is 11.4. The molecule has 1 aromatic carbocycles. The molecule has 2 N–H and O–H groups in total. The molecule has 0 aliphatic heterocycles. The molecule has 0 atom stereocenters. The van der Waals surface area contributed by atoms with Gasteiger partial charge in [0.05, 0.1) is 0 Å². The zero-order valence-corrected chi connectivity index (χ0v) is 11.0. The van der Waals surface area contributed by atoms with Crippen LogP contribution in [-0.4, -0.2) is 16.1 Å². The minimum absolute atomic E-state index is 0.00553. The number of rotatable bonds is 3. The number of carboxylic acid groups (broad SMARTS) is 1. The van der Waals surface area contributed by atoms with E-state index in [1.165, 1.54) is 25.1 Å². The minimum Gasteiger partial charge on any atom is -0.478 e. The average molecular weight is 299 g/mol. The Kier molecular flexibility index (Phi) is 3.85. The van der Waals surface area contributed by atoms with Gasteiger partial charge in [0.25, 0.3) is 0 Å². The lowest BCUT2D eigenvalue weighted by Crippen LogP contribution is -2.07. The molecule has 2 aromatic rings. The number of carboxylic acids is 1. The van der Waals surface area contributed by atoms with Crippen molar-refractivity contribution in [3.8, 4) is 0 Å². The summed E-state index contributed by atoms with van der Waals surface area (Å²) in [5.41, 5.74) is -0.496. The highest BCUT2D eigenvalue weighted by Crippen LogP contribution is 2.27. The average Bonchev–Trinajstić information content (AvgIpc) is 2.39. The molecule has 20 heavy (non-hydrogen) atoms. The van der Waals surface area contributed by atoms with Gasteiger partial charge in [0.2, 0.25) is 0 Å². The topological polar surface area (TPSA) is 62.2 Å². The molecule has 0 fully saturated rings. The maximum absolute atomic E-state index is 13.9. The summed E-state index contributed by atoms with van der Waals surface area (Å²) in [7, 11) is 0. The zero-order valence-electron chi connectivity index (χ0n) is 10.2.